The second-order valence-corrected chi connectivity index (χ2v) is 7.99. The number of benzene rings is 2. The van der Waals surface area contributed by atoms with Crippen molar-refractivity contribution in [3.63, 3.8) is 0 Å². The molecule has 0 fully saturated rings. The summed E-state index contributed by atoms with van der Waals surface area (Å²) < 4.78 is 11.0. The SMILES string of the molecule is CCC(C(=O)NC(C)C)N(Cc1ccc(OC)cc1)C(=O)COc1ccc(C)c(C)c1. The minimum atomic E-state index is -0.583. The molecule has 0 aromatic heterocycles. The molecular formula is C25H34N2O4. The maximum absolute atomic E-state index is 13.2. The molecule has 0 aliphatic rings. The van der Waals surface area contributed by atoms with Crippen LogP contribution < -0.4 is 14.8 Å². The van der Waals surface area contributed by atoms with Gasteiger partial charge in [0.1, 0.15) is 17.5 Å². The molecule has 0 saturated heterocycles. The number of amides is 2. The first-order valence-electron chi connectivity index (χ1n) is 10.7. The zero-order valence-corrected chi connectivity index (χ0v) is 19.4. The van der Waals surface area contributed by atoms with Gasteiger partial charge in [0, 0.05) is 12.6 Å². The van der Waals surface area contributed by atoms with E-state index >= 15 is 0 Å². The molecule has 1 atom stereocenters. The lowest BCUT2D eigenvalue weighted by Gasteiger charge is -2.31. The van der Waals surface area contributed by atoms with Crippen molar-refractivity contribution in [2.24, 2.45) is 0 Å². The quantitative estimate of drug-likeness (QED) is 0.623. The van der Waals surface area contributed by atoms with Crippen LogP contribution in [0.4, 0.5) is 0 Å². The van der Waals surface area contributed by atoms with Gasteiger partial charge in [0.2, 0.25) is 5.91 Å². The van der Waals surface area contributed by atoms with Gasteiger partial charge >= 0.3 is 0 Å². The Labute approximate surface area is 185 Å². The average molecular weight is 427 g/mol. The Hall–Kier alpha value is -3.02. The Bertz CT molecular complexity index is 878. The van der Waals surface area contributed by atoms with Crippen molar-refractivity contribution in [2.75, 3.05) is 13.7 Å². The molecule has 2 amide bonds. The lowest BCUT2D eigenvalue weighted by molar-refractivity contribution is -0.143. The molecule has 2 aromatic rings. The molecule has 1 unspecified atom stereocenters. The second kappa shape index (κ2) is 11.4. The second-order valence-electron chi connectivity index (χ2n) is 7.99. The van der Waals surface area contributed by atoms with Gasteiger partial charge in [-0.15, -0.1) is 0 Å². The lowest BCUT2D eigenvalue weighted by Crippen LogP contribution is -2.51. The Morgan fingerprint density at radius 2 is 1.65 bits per heavy atom. The lowest BCUT2D eigenvalue weighted by atomic mass is 10.1. The average Bonchev–Trinajstić information content (AvgIpc) is 2.74. The van der Waals surface area contributed by atoms with Crippen LogP contribution in [-0.2, 0) is 16.1 Å². The summed E-state index contributed by atoms with van der Waals surface area (Å²) in [5.41, 5.74) is 3.18. The summed E-state index contributed by atoms with van der Waals surface area (Å²) in [5.74, 6) is 0.982. The fraction of sp³-hybridized carbons (Fsp3) is 0.440. The first kappa shape index (κ1) is 24.3. The van der Waals surface area contributed by atoms with Gasteiger partial charge in [-0.3, -0.25) is 9.59 Å². The fourth-order valence-corrected chi connectivity index (χ4v) is 3.26. The fourth-order valence-electron chi connectivity index (χ4n) is 3.26. The highest BCUT2D eigenvalue weighted by Crippen LogP contribution is 2.19. The highest BCUT2D eigenvalue weighted by atomic mass is 16.5. The monoisotopic (exact) mass is 426 g/mol. The topological polar surface area (TPSA) is 67.9 Å². The molecule has 0 aliphatic carbocycles. The Morgan fingerprint density at radius 3 is 2.19 bits per heavy atom. The van der Waals surface area contributed by atoms with Crippen molar-refractivity contribution in [3.05, 3.63) is 59.2 Å². The maximum atomic E-state index is 13.2. The van der Waals surface area contributed by atoms with E-state index in [0.717, 1.165) is 22.4 Å². The predicted molar refractivity (Wildman–Crippen MR) is 122 cm³/mol. The molecule has 2 rings (SSSR count). The summed E-state index contributed by atoms with van der Waals surface area (Å²) >= 11 is 0. The van der Waals surface area contributed by atoms with Gasteiger partial charge in [-0.1, -0.05) is 25.1 Å². The number of nitrogens with zero attached hydrogens (tertiary/aromatic N) is 1. The van der Waals surface area contributed by atoms with E-state index in [-0.39, 0.29) is 24.5 Å². The molecule has 6 heteroatoms. The molecular weight excluding hydrogens is 392 g/mol. The number of hydrogen-bond acceptors (Lipinski definition) is 4. The summed E-state index contributed by atoms with van der Waals surface area (Å²) in [5, 5.41) is 2.93. The Morgan fingerprint density at radius 1 is 1.00 bits per heavy atom. The van der Waals surface area contributed by atoms with Crippen molar-refractivity contribution in [2.45, 2.75) is 59.7 Å². The van der Waals surface area contributed by atoms with Gasteiger partial charge in [-0.05, 0) is 75.1 Å². The minimum absolute atomic E-state index is 0.00808. The van der Waals surface area contributed by atoms with E-state index in [9.17, 15) is 9.59 Å². The van der Waals surface area contributed by atoms with E-state index in [4.69, 9.17) is 9.47 Å². The largest absolute Gasteiger partial charge is 0.497 e. The number of methoxy groups -OCH3 is 1. The number of nitrogens with one attached hydrogen (secondary N) is 1. The number of aryl methyl sites for hydroxylation is 2. The minimum Gasteiger partial charge on any atom is -0.497 e. The summed E-state index contributed by atoms with van der Waals surface area (Å²) in [7, 11) is 1.61. The molecule has 1 N–H and O–H groups in total. The standard InChI is InChI=1S/C25H34N2O4/c1-7-23(25(29)26-17(2)3)27(15-20-9-12-21(30-6)13-10-20)24(28)16-31-22-11-8-18(4)19(5)14-22/h8-14,17,23H,7,15-16H2,1-6H3,(H,26,29). The summed E-state index contributed by atoms with van der Waals surface area (Å²) in [6.07, 6.45) is 0.504. The van der Waals surface area contributed by atoms with E-state index in [1.807, 2.05) is 77.1 Å². The number of carbonyl (C=O) groups excluding carboxylic acids is 2. The molecule has 0 bridgehead atoms. The molecule has 31 heavy (non-hydrogen) atoms. The van der Waals surface area contributed by atoms with Crippen LogP contribution in [0, 0.1) is 13.8 Å². The van der Waals surface area contributed by atoms with Crippen LogP contribution in [-0.4, -0.2) is 42.5 Å². The van der Waals surface area contributed by atoms with Crippen LogP contribution in [0.3, 0.4) is 0 Å². The molecule has 0 aliphatic heterocycles. The molecule has 2 aromatic carbocycles. The Kier molecular flexibility index (Phi) is 8.91. The van der Waals surface area contributed by atoms with Gasteiger partial charge in [-0.2, -0.15) is 0 Å². The first-order valence-corrected chi connectivity index (χ1v) is 10.7. The molecule has 0 spiro atoms. The van der Waals surface area contributed by atoms with Gasteiger partial charge < -0.3 is 19.7 Å². The molecule has 0 radical (unpaired) electrons. The summed E-state index contributed by atoms with van der Waals surface area (Å²) in [6.45, 7) is 9.92. The van der Waals surface area contributed by atoms with Crippen molar-refractivity contribution in [1.29, 1.82) is 0 Å². The molecule has 6 nitrogen and oxygen atoms in total. The molecule has 0 heterocycles. The number of carbonyl (C=O) groups is 2. The van der Waals surface area contributed by atoms with Crippen molar-refractivity contribution in [3.8, 4) is 11.5 Å². The maximum Gasteiger partial charge on any atom is 0.261 e. The Balaban J connectivity index is 2.21. The third kappa shape index (κ3) is 7.02. The van der Waals surface area contributed by atoms with Crippen LogP contribution in [0.2, 0.25) is 0 Å². The number of hydrogen-bond donors (Lipinski definition) is 1. The molecule has 0 saturated carbocycles. The first-order chi connectivity index (χ1) is 14.7. The van der Waals surface area contributed by atoms with Crippen molar-refractivity contribution in [1.82, 2.24) is 10.2 Å². The highest BCUT2D eigenvalue weighted by molar-refractivity contribution is 5.88. The van der Waals surface area contributed by atoms with E-state index in [0.29, 0.717) is 18.7 Å². The summed E-state index contributed by atoms with van der Waals surface area (Å²) in [6, 6.07) is 12.6. The highest BCUT2D eigenvalue weighted by Gasteiger charge is 2.29. The van der Waals surface area contributed by atoms with Gasteiger partial charge in [0.05, 0.1) is 7.11 Å². The number of rotatable bonds is 10. The van der Waals surface area contributed by atoms with E-state index in [2.05, 4.69) is 5.32 Å². The zero-order valence-electron chi connectivity index (χ0n) is 19.4. The van der Waals surface area contributed by atoms with Crippen LogP contribution in [0.25, 0.3) is 0 Å². The van der Waals surface area contributed by atoms with E-state index in [1.165, 1.54) is 0 Å². The van der Waals surface area contributed by atoms with Gasteiger partial charge in [-0.25, -0.2) is 0 Å². The smallest absolute Gasteiger partial charge is 0.261 e. The van der Waals surface area contributed by atoms with Crippen LogP contribution in [0.5, 0.6) is 11.5 Å². The summed E-state index contributed by atoms with van der Waals surface area (Å²) in [4.78, 5) is 27.6. The third-order valence-corrected chi connectivity index (χ3v) is 5.17. The van der Waals surface area contributed by atoms with Gasteiger partial charge in [0.15, 0.2) is 6.61 Å². The normalized spacial score (nSPS) is 11.7. The van der Waals surface area contributed by atoms with Gasteiger partial charge in [0.25, 0.3) is 5.91 Å². The van der Waals surface area contributed by atoms with E-state index < -0.39 is 6.04 Å². The van der Waals surface area contributed by atoms with Crippen molar-refractivity contribution < 1.29 is 19.1 Å². The molecule has 168 valence electrons. The predicted octanol–water partition coefficient (Wildman–Crippen LogP) is 4.02. The zero-order chi connectivity index (χ0) is 23.0. The van der Waals surface area contributed by atoms with Crippen LogP contribution in [0.15, 0.2) is 42.5 Å². The van der Waals surface area contributed by atoms with Crippen molar-refractivity contribution >= 4 is 11.8 Å². The third-order valence-electron chi connectivity index (χ3n) is 5.17. The van der Waals surface area contributed by atoms with Crippen LogP contribution >= 0.6 is 0 Å². The number of ether oxygens (including phenoxy) is 2. The van der Waals surface area contributed by atoms with Crippen LogP contribution in [0.1, 0.15) is 43.9 Å². The van der Waals surface area contributed by atoms with E-state index in [1.54, 1.807) is 12.0 Å².